The number of aromatic nitrogens is 4. The molecule has 0 radical (unpaired) electrons. The van der Waals surface area contributed by atoms with Gasteiger partial charge in [-0.3, -0.25) is 4.79 Å². The van der Waals surface area contributed by atoms with Gasteiger partial charge in [-0.05, 0) is 31.0 Å². The molecular weight excluding hydrogens is 278 g/mol. The first-order valence-electron chi connectivity index (χ1n) is 7.35. The molecule has 1 fully saturated rings. The van der Waals surface area contributed by atoms with Crippen LogP contribution in [0.25, 0.3) is 10.9 Å². The maximum atomic E-state index is 12.3. The Morgan fingerprint density at radius 3 is 2.82 bits per heavy atom. The van der Waals surface area contributed by atoms with E-state index in [1.807, 2.05) is 18.2 Å². The van der Waals surface area contributed by atoms with Gasteiger partial charge in [-0.1, -0.05) is 12.1 Å². The van der Waals surface area contributed by atoms with Crippen molar-refractivity contribution in [1.29, 1.82) is 0 Å². The lowest BCUT2D eigenvalue weighted by Gasteiger charge is -2.23. The van der Waals surface area contributed by atoms with E-state index in [-0.39, 0.29) is 11.6 Å². The SMILES string of the molecule is O=c1[nH]c(C2CCCN2c2ncccn2)nc2ccccc12. The van der Waals surface area contributed by atoms with Crippen LogP contribution in [0.5, 0.6) is 0 Å². The minimum absolute atomic E-state index is 0.0136. The number of para-hydroxylation sites is 1. The maximum absolute atomic E-state index is 12.3. The van der Waals surface area contributed by atoms with E-state index in [1.165, 1.54) is 0 Å². The van der Waals surface area contributed by atoms with Crippen LogP contribution in [-0.2, 0) is 0 Å². The fourth-order valence-corrected chi connectivity index (χ4v) is 2.99. The van der Waals surface area contributed by atoms with E-state index >= 15 is 0 Å². The van der Waals surface area contributed by atoms with Crippen LogP contribution in [0.2, 0.25) is 0 Å². The van der Waals surface area contributed by atoms with Crippen molar-refractivity contribution in [3.05, 3.63) is 58.9 Å². The second-order valence-corrected chi connectivity index (χ2v) is 5.37. The Labute approximate surface area is 126 Å². The van der Waals surface area contributed by atoms with Gasteiger partial charge in [-0.25, -0.2) is 15.0 Å². The lowest BCUT2D eigenvalue weighted by molar-refractivity contribution is 0.654. The summed E-state index contributed by atoms with van der Waals surface area (Å²) in [7, 11) is 0. The number of fused-ring (bicyclic) bond motifs is 1. The van der Waals surface area contributed by atoms with Crippen LogP contribution < -0.4 is 10.5 Å². The van der Waals surface area contributed by atoms with Gasteiger partial charge < -0.3 is 9.88 Å². The summed E-state index contributed by atoms with van der Waals surface area (Å²) in [5.41, 5.74) is 0.628. The molecule has 2 aromatic heterocycles. The highest BCUT2D eigenvalue weighted by Crippen LogP contribution is 2.32. The number of nitrogens with one attached hydrogen (secondary N) is 1. The monoisotopic (exact) mass is 293 g/mol. The zero-order valence-electron chi connectivity index (χ0n) is 11.9. The molecule has 1 saturated heterocycles. The second kappa shape index (κ2) is 5.22. The molecule has 22 heavy (non-hydrogen) atoms. The van der Waals surface area contributed by atoms with Crippen LogP contribution in [0.4, 0.5) is 5.95 Å². The van der Waals surface area contributed by atoms with Crippen molar-refractivity contribution in [3.8, 4) is 0 Å². The molecule has 0 bridgehead atoms. The van der Waals surface area contributed by atoms with Gasteiger partial charge in [0.2, 0.25) is 5.95 Å². The van der Waals surface area contributed by atoms with Crippen molar-refractivity contribution in [2.75, 3.05) is 11.4 Å². The molecule has 1 aliphatic rings. The number of anilines is 1. The summed E-state index contributed by atoms with van der Waals surface area (Å²) in [6.45, 7) is 0.866. The fourth-order valence-electron chi connectivity index (χ4n) is 2.99. The van der Waals surface area contributed by atoms with Gasteiger partial charge in [0, 0.05) is 18.9 Å². The second-order valence-electron chi connectivity index (χ2n) is 5.37. The van der Waals surface area contributed by atoms with E-state index in [0.29, 0.717) is 17.2 Å². The zero-order chi connectivity index (χ0) is 14.9. The molecule has 0 aliphatic carbocycles. The highest BCUT2D eigenvalue weighted by molar-refractivity contribution is 5.77. The summed E-state index contributed by atoms with van der Waals surface area (Å²) in [6.07, 6.45) is 5.42. The van der Waals surface area contributed by atoms with Crippen molar-refractivity contribution >= 4 is 16.9 Å². The lowest BCUT2D eigenvalue weighted by Crippen LogP contribution is -2.27. The molecule has 0 spiro atoms. The van der Waals surface area contributed by atoms with Gasteiger partial charge in [0.25, 0.3) is 5.56 Å². The molecule has 6 nitrogen and oxygen atoms in total. The Morgan fingerprint density at radius 1 is 1.14 bits per heavy atom. The van der Waals surface area contributed by atoms with E-state index in [0.717, 1.165) is 24.9 Å². The number of H-pyrrole nitrogens is 1. The third kappa shape index (κ3) is 2.13. The number of hydrogen-bond donors (Lipinski definition) is 1. The topological polar surface area (TPSA) is 74.8 Å². The molecule has 3 heterocycles. The number of aromatic amines is 1. The number of nitrogens with zero attached hydrogens (tertiary/aromatic N) is 4. The summed E-state index contributed by atoms with van der Waals surface area (Å²) >= 11 is 0. The van der Waals surface area contributed by atoms with E-state index in [9.17, 15) is 4.79 Å². The lowest BCUT2D eigenvalue weighted by atomic mass is 10.2. The molecule has 110 valence electrons. The predicted octanol–water partition coefficient (Wildman–Crippen LogP) is 2.05. The van der Waals surface area contributed by atoms with E-state index < -0.39 is 0 Å². The normalized spacial score (nSPS) is 18.0. The molecular formula is C16H15N5O. The summed E-state index contributed by atoms with van der Waals surface area (Å²) in [6, 6.07) is 9.21. The largest absolute Gasteiger partial charge is 0.331 e. The molecule has 0 saturated carbocycles. The molecule has 3 aromatic rings. The number of hydrogen-bond acceptors (Lipinski definition) is 5. The Bertz CT molecular complexity index is 861. The Kier molecular flexibility index (Phi) is 3.07. The van der Waals surface area contributed by atoms with Crippen LogP contribution >= 0.6 is 0 Å². The quantitative estimate of drug-likeness (QED) is 0.782. The summed E-state index contributed by atoms with van der Waals surface area (Å²) < 4.78 is 0. The Morgan fingerprint density at radius 2 is 1.95 bits per heavy atom. The molecule has 6 heteroatoms. The minimum atomic E-state index is -0.0959. The fraction of sp³-hybridized carbons (Fsp3) is 0.250. The van der Waals surface area contributed by atoms with Gasteiger partial charge in [0.05, 0.1) is 16.9 Å². The van der Waals surface area contributed by atoms with Crippen molar-refractivity contribution < 1.29 is 0 Å². The van der Waals surface area contributed by atoms with Crippen LogP contribution in [0.3, 0.4) is 0 Å². The van der Waals surface area contributed by atoms with Crippen LogP contribution in [0, 0.1) is 0 Å². The first-order chi connectivity index (χ1) is 10.8. The number of benzene rings is 1. The van der Waals surface area contributed by atoms with Crippen molar-refractivity contribution in [2.45, 2.75) is 18.9 Å². The van der Waals surface area contributed by atoms with Gasteiger partial charge >= 0.3 is 0 Å². The first kappa shape index (κ1) is 12.9. The van der Waals surface area contributed by atoms with Gasteiger partial charge in [0.15, 0.2) is 0 Å². The van der Waals surface area contributed by atoms with Crippen molar-refractivity contribution in [2.24, 2.45) is 0 Å². The summed E-state index contributed by atoms with van der Waals surface area (Å²) in [5.74, 6) is 1.37. The smallest absolute Gasteiger partial charge is 0.258 e. The van der Waals surface area contributed by atoms with Gasteiger partial charge in [-0.2, -0.15) is 0 Å². The van der Waals surface area contributed by atoms with Crippen LogP contribution in [-0.4, -0.2) is 26.5 Å². The van der Waals surface area contributed by atoms with E-state index in [1.54, 1.807) is 24.5 Å². The maximum Gasteiger partial charge on any atom is 0.258 e. The Balaban J connectivity index is 1.79. The molecule has 1 aromatic carbocycles. The predicted molar refractivity (Wildman–Crippen MR) is 83.7 cm³/mol. The van der Waals surface area contributed by atoms with Crippen LogP contribution in [0.1, 0.15) is 24.7 Å². The van der Waals surface area contributed by atoms with Gasteiger partial charge in [0.1, 0.15) is 5.82 Å². The third-order valence-electron chi connectivity index (χ3n) is 4.01. The summed E-state index contributed by atoms with van der Waals surface area (Å²) in [4.78, 5) is 30.6. The molecule has 1 aliphatic heterocycles. The zero-order valence-corrected chi connectivity index (χ0v) is 11.9. The standard InChI is InChI=1S/C16H15N5O/c22-15-11-5-1-2-6-12(11)19-14(20-15)13-7-3-10-21(13)16-17-8-4-9-18-16/h1-2,4-6,8-9,13H,3,7,10H2,(H,19,20,22). The minimum Gasteiger partial charge on any atom is -0.331 e. The van der Waals surface area contributed by atoms with E-state index in [2.05, 4.69) is 24.8 Å². The Hall–Kier alpha value is -2.76. The van der Waals surface area contributed by atoms with Crippen molar-refractivity contribution in [3.63, 3.8) is 0 Å². The first-order valence-corrected chi connectivity index (χ1v) is 7.35. The molecule has 1 atom stereocenters. The number of rotatable bonds is 2. The average molecular weight is 293 g/mol. The average Bonchev–Trinajstić information content (AvgIpc) is 3.05. The third-order valence-corrected chi connectivity index (χ3v) is 4.01. The van der Waals surface area contributed by atoms with E-state index in [4.69, 9.17) is 0 Å². The van der Waals surface area contributed by atoms with Crippen LogP contribution in [0.15, 0.2) is 47.5 Å². The highest BCUT2D eigenvalue weighted by atomic mass is 16.1. The molecule has 4 rings (SSSR count). The summed E-state index contributed by atoms with van der Waals surface area (Å²) in [5, 5.41) is 0.617. The molecule has 0 amide bonds. The highest BCUT2D eigenvalue weighted by Gasteiger charge is 2.30. The molecule has 1 N–H and O–H groups in total. The van der Waals surface area contributed by atoms with Crippen molar-refractivity contribution in [1.82, 2.24) is 19.9 Å². The van der Waals surface area contributed by atoms with Gasteiger partial charge in [-0.15, -0.1) is 0 Å². The molecule has 1 unspecified atom stereocenters.